The number of carbonyl (C=O) groups is 1. The maximum atomic E-state index is 11.1. The Morgan fingerprint density at radius 2 is 2.13 bits per heavy atom. The Balaban J connectivity index is 2.66. The minimum absolute atomic E-state index is 0.115. The largest absolute Gasteiger partial charge is 0.453 e. The summed E-state index contributed by atoms with van der Waals surface area (Å²) in [6.07, 6.45) is 9.68. The Kier molecular flexibility index (Phi) is 11.0. The van der Waals surface area contributed by atoms with Crippen LogP contribution in [0, 0.1) is 0 Å². The van der Waals surface area contributed by atoms with Crippen molar-refractivity contribution in [3.05, 3.63) is 53.0 Å². The number of thiazole rings is 1. The topological polar surface area (TPSA) is 112 Å². The fraction of sp³-hybridized carbons (Fsp3) is 0.545. The number of nitrogens with zero attached hydrogens (tertiary/aromatic N) is 1. The van der Waals surface area contributed by atoms with Gasteiger partial charge in [0.1, 0.15) is 10.6 Å². The van der Waals surface area contributed by atoms with Gasteiger partial charge in [0.25, 0.3) is 0 Å². The SMILES string of the molecule is C=CC/C=C\Cc1csc(C(C)(C)[C@H](O)C/C=C/C(O)(CO)CCNC(=O)OC)n1. The van der Waals surface area contributed by atoms with Gasteiger partial charge in [0.2, 0.25) is 0 Å². The summed E-state index contributed by atoms with van der Waals surface area (Å²) < 4.78 is 4.47. The molecule has 0 fully saturated rings. The fourth-order valence-electron chi connectivity index (χ4n) is 2.61. The van der Waals surface area contributed by atoms with Gasteiger partial charge in [-0.25, -0.2) is 9.78 Å². The molecule has 0 aromatic carbocycles. The molecule has 7 nitrogen and oxygen atoms in total. The first-order chi connectivity index (χ1) is 14.2. The Morgan fingerprint density at radius 1 is 1.40 bits per heavy atom. The molecule has 0 spiro atoms. The first-order valence-corrected chi connectivity index (χ1v) is 10.8. The van der Waals surface area contributed by atoms with Crippen LogP contribution in [0.5, 0.6) is 0 Å². The first-order valence-electron chi connectivity index (χ1n) is 9.90. The molecule has 1 rings (SSSR count). The van der Waals surface area contributed by atoms with Crippen LogP contribution in [0.2, 0.25) is 0 Å². The molecule has 30 heavy (non-hydrogen) atoms. The van der Waals surface area contributed by atoms with Crippen molar-refractivity contribution in [2.24, 2.45) is 0 Å². The van der Waals surface area contributed by atoms with Crippen molar-refractivity contribution in [2.75, 3.05) is 20.3 Å². The second kappa shape index (κ2) is 12.6. The lowest BCUT2D eigenvalue weighted by molar-refractivity contribution is 0.0201. The van der Waals surface area contributed by atoms with E-state index in [0.717, 1.165) is 23.5 Å². The number of hydrogen-bond acceptors (Lipinski definition) is 7. The number of aliphatic hydroxyl groups is 3. The molecular weight excluding hydrogens is 404 g/mol. The number of aliphatic hydroxyl groups excluding tert-OH is 2. The monoisotopic (exact) mass is 438 g/mol. The molecule has 4 N–H and O–H groups in total. The Hall–Kier alpha value is -2.00. The standard InChI is InChI=1S/C22H34N2O5S/c1-5-6-7-8-10-17-15-30-19(24-17)21(2,3)18(26)11-9-12-22(28,16-25)13-14-23-20(27)29-4/h5,7-9,12,15,18,25-26,28H,1,6,10-11,13-14,16H2,2-4H3,(H,23,27)/b8-7-,12-9+/t18-,22?/m1/s1. The molecule has 1 aromatic rings. The number of aromatic nitrogens is 1. The molecule has 2 atom stereocenters. The normalized spacial score (nSPS) is 15.3. The number of rotatable bonds is 13. The average Bonchev–Trinajstić information content (AvgIpc) is 3.20. The molecule has 0 aliphatic heterocycles. The van der Waals surface area contributed by atoms with E-state index in [1.165, 1.54) is 24.5 Å². The summed E-state index contributed by atoms with van der Waals surface area (Å²) in [4.78, 5) is 15.7. The minimum atomic E-state index is -1.49. The summed E-state index contributed by atoms with van der Waals surface area (Å²) in [6.45, 7) is 7.19. The summed E-state index contributed by atoms with van der Waals surface area (Å²) in [5.41, 5.74) is -1.10. The first kappa shape index (κ1) is 26.0. The third-order valence-corrected chi connectivity index (χ3v) is 6.04. The van der Waals surface area contributed by atoms with Crippen molar-refractivity contribution in [3.63, 3.8) is 0 Å². The van der Waals surface area contributed by atoms with E-state index in [9.17, 15) is 20.1 Å². The predicted molar refractivity (Wildman–Crippen MR) is 120 cm³/mol. The highest BCUT2D eigenvalue weighted by molar-refractivity contribution is 7.09. The van der Waals surface area contributed by atoms with Gasteiger partial charge < -0.3 is 25.4 Å². The zero-order valence-corrected chi connectivity index (χ0v) is 18.8. The third kappa shape index (κ3) is 8.39. The number of hydrogen-bond donors (Lipinski definition) is 4. The number of carbonyl (C=O) groups excluding carboxylic acids is 1. The molecule has 1 amide bonds. The van der Waals surface area contributed by atoms with E-state index >= 15 is 0 Å². The second-order valence-corrected chi connectivity index (χ2v) is 8.51. The molecular formula is C22H34N2O5S. The zero-order valence-electron chi connectivity index (χ0n) is 18.0. The van der Waals surface area contributed by atoms with Gasteiger partial charge >= 0.3 is 6.09 Å². The van der Waals surface area contributed by atoms with Crippen molar-refractivity contribution in [1.82, 2.24) is 10.3 Å². The Labute approximate surface area is 182 Å². The molecule has 0 radical (unpaired) electrons. The van der Waals surface area contributed by atoms with Crippen LogP contribution >= 0.6 is 11.3 Å². The van der Waals surface area contributed by atoms with Gasteiger partial charge in [0.05, 0.1) is 25.5 Å². The molecule has 1 unspecified atom stereocenters. The van der Waals surface area contributed by atoms with Gasteiger partial charge in [-0.15, -0.1) is 17.9 Å². The van der Waals surface area contributed by atoms with Crippen LogP contribution in [0.15, 0.2) is 42.3 Å². The van der Waals surface area contributed by atoms with Gasteiger partial charge in [-0.3, -0.25) is 0 Å². The maximum Gasteiger partial charge on any atom is 0.406 e. The van der Waals surface area contributed by atoms with Crippen LogP contribution in [0.25, 0.3) is 0 Å². The molecule has 0 bridgehead atoms. The van der Waals surface area contributed by atoms with Crippen LogP contribution in [-0.2, 0) is 16.6 Å². The number of alkyl carbamates (subject to hydrolysis) is 1. The van der Waals surface area contributed by atoms with E-state index in [1.54, 1.807) is 6.08 Å². The zero-order chi connectivity index (χ0) is 22.6. The summed E-state index contributed by atoms with van der Waals surface area (Å²) in [5, 5.41) is 35.9. The lowest BCUT2D eigenvalue weighted by atomic mass is 9.85. The van der Waals surface area contributed by atoms with Gasteiger partial charge in [-0.05, 0) is 19.3 Å². The molecule has 1 aromatic heterocycles. The number of methoxy groups -OCH3 is 1. The number of nitrogens with one attached hydrogen (secondary N) is 1. The van der Waals surface area contributed by atoms with Crippen molar-refractivity contribution >= 4 is 17.4 Å². The summed E-state index contributed by atoms with van der Waals surface area (Å²) >= 11 is 1.52. The van der Waals surface area contributed by atoms with Gasteiger partial charge in [-0.1, -0.05) is 44.2 Å². The molecule has 168 valence electrons. The van der Waals surface area contributed by atoms with E-state index in [-0.39, 0.29) is 19.4 Å². The molecule has 0 saturated heterocycles. The van der Waals surface area contributed by atoms with E-state index < -0.39 is 29.8 Å². The summed E-state index contributed by atoms with van der Waals surface area (Å²) in [6, 6.07) is 0. The number of ether oxygens (including phenoxy) is 1. The Morgan fingerprint density at radius 3 is 2.77 bits per heavy atom. The van der Waals surface area contributed by atoms with E-state index in [1.807, 2.05) is 31.4 Å². The molecule has 0 aliphatic carbocycles. The van der Waals surface area contributed by atoms with Gasteiger partial charge in [0.15, 0.2) is 0 Å². The van der Waals surface area contributed by atoms with Crippen LogP contribution in [0.4, 0.5) is 4.79 Å². The van der Waals surface area contributed by atoms with Gasteiger partial charge in [-0.2, -0.15) is 0 Å². The van der Waals surface area contributed by atoms with Crippen molar-refractivity contribution in [3.8, 4) is 0 Å². The second-order valence-electron chi connectivity index (χ2n) is 7.65. The minimum Gasteiger partial charge on any atom is -0.453 e. The van der Waals surface area contributed by atoms with E-state index in [4.69, 9.17) is 0 Å². The van der Waals surface area contributed by atoms with Crippen LogP contribution < -0.4 is 5.32 Å². The number of allylic oxidation sites excluding steroid dienone is 3. The average molecular weight is 439 g/mol. The van der Waals surface area contributed by atoms with E-state index in [0.29, 0.717) is 0 Å². The summed E-state index contributed by atoms with van der Waals surface area (Å²) in [7, 11) is 1.25. The smallest absolute Gasteiger partial charge is 0.406 e. The van der Waals surface area contributed by atoms with E-state index in [2.05, 4.69) is 27.7 Å². The molecule has 0 saturated carbocycles. The lowest BCUT2D eigenvalue weighted by Gasteiger charge is -2.28. The third-order valence-electron chi connectivity index (χ3n) is 4.81. The highest BCUT2D eigenvalue weighted by Crippen LogP contribution is 2.32. The van der Waals surface area contributed by atoms with Crippen molar-refractivity contribution in [1.29, 1.82) is 0 Å². The number of amides is 1. The highest BCUT2D eigenvalue weighted by atomic mass is 32.1. The molecule has 0 aliphatic rings. The Bertz CT molecular complexity index is 729. The van der Waals surface area contributed by atoms with Crippen LogP contribution in [0.3, 0.4) is 0 Å². The highest BCUT2D eigenvalue weighted by Gasteiger charge is 2.32. The molecule has 8 heteroatoms. The van der Waals surface area contributed by atoms with Crippen molar-refractivity contribution in [2.45, 2.75) is 56.7 Å². The van der Waals surface area contributed by atoms with Crippen LogP contribution in [0.1, 0.15) is 43.8 Å². The van der Waals surface area contributed by atoms with Crippen LogP contribution in [-0.4, -0.2) is 58.4 Å². The maximum absolute atomic E-state index is 11.1. The lowest BCUT2D eigenvalue weighted by Crippen LogP contribution is -2.37. The predicted octanol–water partition coefficient (Wildman–Crippen LogP) is 2.87. The van der Waals surface area contributed by atoms with Crippen molar-refractivity contribution < 1.29 is 24.9 Å². The quantitative estimate of drug-likeness (QED) is 0.352. The summed E-state index contributed by atoms with van der Waals surface area (Å²) in [5.74, 6) is 0. The van der Waals surface area contributed by atoms with Gasteiger partial charge in [0, 0.05) is 23.8 Å². The fourth-order valence-corrected chi connectivity index (χ4v) is 3.62. The molecule has 1 heterocycles.